The van der Waals surface area contributed by atoms with E-state index in [0.717, 1.165) is 25.7 Å². The Labute approximate surface area is 148 Å². The highest BCUT2D eigenvalue weighted by atomic mass is 16.5. The first-order chi connectivity index (χ1) is 12.1. The number of ether oxygens (including phenoxy) is 2. The molecule has 0 spiro atoms. The maximum absolute atomic E-state index is 11.6. The van der Waals surface area contributed by atoms with Gasteiger partial charge in [0, 0.05) is 6.42 Å². The summed E-state index contributed by atoms with van der Waals surface area (Å²) >= 11 is 0. The van der Waals surface area contributed by atoms with E-state index in [1.165, 1.54) is 0 Å². The van der Waals surface area contributed by atoms with Gasteiger partial charge in [-0.1, -0.05) is 26.2 Å². The number of nitrogens with one attached hydrogen (secondary N) is 2. The molecule has 1 aromatic carbocycles. The van der Waals surface area contributed by atoms with Gasteiger partial charge in [-0.05, 0) is 37.6 Å². The normalized spacial score (nSPS) is 10.0. The van der Waals surface area contributed by atoms with E-state index >= 15 is 0 Å². The maximum Gasteiger partial charge on any atom is 0.338 e. The van der Waals surface area contributed by atoms with Gasteiger partial charge in [-0.3, -0.25) is 20.4 Å². The van der Waals surface area contributed by atoms with Gasteiger partial charge in [0.25, 0.3) is 5.91 Å². The van der Waals surface area contributed by atoms with Crippen LogP contribution in [-0.4, -0.2) is 31.0 Å². The summed E-state index contributed by atoms with van der Waals surface area (Å²) in [6, 6.07) is 6.27. The first-order valence-electron chi connectivity index (χ1n) is 8.54. The van der Waals surface area contributed by atoms with E-state index in [2.05, 4.69) is 17.8 Å². The van der Waals surface area contributed by atoms with Gasteiger partial charge >= 0.3 is 5.97 Å². The second kappa shape index (κ2) is 11.9. The molecule has 0 heterocycles. The third-order valence-electron chi connectivity index (χ3n) is 3.33. The zero-order valence-electron chi connectivity index (χ0n) is 14.8. The monoisotopic (exact) mass is 350 g/mol. The molecule has 25 heavy (non-hydrogen) atoms. The zero-order valence-corrected chi connectivity index (χ0v) is 14.8. The van der Waals surface area contributed by atoms with Crippen LogP contribution in [0, 0.1) is 0 Å². The Bertz CT molecular complexity index is 557. The zero-order chi connectivity index (χ0) is 18.5. The van der Waals surface area contributed by atoms with Crippen molar-refractivity contribution >= 4 is 17.8 Å². The lowest BCUT2D eigenvalue weighted by molar-refractivity contribution is -0.130. The lowest BCUT2D eigenvalue weighted by Crippen LogP contribution is -2.43. The van der Waals surface area contributed by atoms with Crippen molar-refractivity contribution in [2.24, 2.45) is 0 Å². The van der Waals surface area contributed by atoms with Gasteiger partial charge in [0.2, 0.25) is 5.91 Å². The van der Waals surface area contributed by atoms with E-state index in [4.69, 9.17) is 9.47 Å². The fourth-order valence-electron chi connectivity index (χ4n) is 2.00. The second-order valence-corrected chi connectivity index (χ2v) is 5.44. The van der Waals surface area contributed by atoms with Crippen LogP contribution in [0.2, 0.25) is 0 Å². The minimum atomic E-state index is -0.462. The summed E-state index contributed by atoms with van der Waals surface area (Å²) in [5.41, 5.74) is 5.07. The molecular weight excluding hydrogens is 324 g/mol. The minimum Gasteiger partial charge on any atom is -0.484 e. The molecule has 0 aromatic heterocycles. The van der Waals surface area contributed by atoms with Crippen molar-refractivity contribution in [3.05, 3.63) is 29.8 Å². The molecule has 0 saturated heterocycles. The molecule has 1 rings (SSSR count). The average Bonchev–Trinajstić information content (AvgIpc) is 2.62. The first kappa shape index (κ1) is 20.5. The van der Waals surface area contributed by atoms with Crippen LogP contribution in [0.5, 0.6) is 5.75 Å². The van der Waals surface area contributed by atoms with Gasteiger partial charge in [0.1, 0.15) is 5.75 Å². The van der Waals surface area contributed by atoms with Crippen molar-refractivity contribution in [1.82, 2.24) is 10.9 Å². The number of carbonyl (C=O) groups excluding carboxylic acids is 3. The maximum atomic E-state index is 11.6. The smallest absolute Gasteiger partial charge is 0.338 e. The highest BCUT2D eigenvalue weighted by Crippen LogP contribution is 2.12. The quantitative estimate of drug-likeness (QED) is 0.384. The molecule has 0 unspecified atom stereocenters. The molecule has 0 atom stereocenters. The third kappa shape index (κ3) is 8.74. The van der Waals surface area contributed by atoms with Crippen molar-refractivity contribution in [1.29, 1.82) is 0 Å². The van der Waals surface area contributed by atoms with Crippen LogP contribution in [0.3, 0.4) is 0 Å². The molecule has 0 bridgehead atoms. The van der Waals surface area contributed by atoms with Crippen LogP contribution >= 0.6 is 0 Å². The van der Waals surface area contributed by atoms with E-state index in [0.29, 0.717) is 24.3 Å². The molecule has 0 radical (unpaired) electrons. The Kier molecular flexibility index (Phi) is 9.74. The number of esters is 1. The molecule has 0 aliphatic carbocycles. The molecule has 0 aliphatic heterocycles. The number of hydrogen-bond donors (Lipinski definition) is 2. The van der Waals surface area contributed by atoms with E-state index < -0.39 is 11.9 Å². The predicted octanol–water partition coefficient (Wildman–Crippen LogP) is 2.36. The summed E-state index contributed by atoms with van der Waals surface area (Å²) in [5, 5.41) is 0. The topological polar surface area (TPSA) is 93.7 Å². The Hall–Kier alpha value is -2.57. The van der Waals surface area contributed by atoms with Gasteiger partial charge < -0.3 is 9.47 Å². The Morgan fingerprint density at radius 1 is 0.920 bits per heavy atom. The van der Waals surface area contributed by atoms with Gasteiger partial charge in [-0.15, -0.1) is 0 Å². The number of unbranched alkanes of at least 4 members (excludes halogenated alkanes) is 3. The van der Waals surface area contributed by atoms with Gasteiger partial charge in [0.05, 0.1) is 12.2 Å². The highest BCUT2D eigenvalue weighted by Gasteiger charge is 2.08. The van der Waals surface area contributed by atoms with Crippen molar-refractivity contribution < 1.29 is 23.9 Å². The highest BCUT2D eigenvalue weighted by molar-refractivity contribution is 5.89. The van der Waals surface area contributed by atoms with Gasteiger partial charge in [-0.2, -0.15) is 0 Å². The van der Waals surface area contributed by atoms with E-state index in [9.17, 15) is 14.4 Å². The Morgan fingerprint density at radius 2 is 1.60 bits per heavy atom. The number of hydrazine groups is 1. The molecule has 0 saturated carbocycles. The molecule has 2 N–H and O–H groups in total. The summed E-state index contributed by atoms with van der Waals surface area (Å²) in [6.45, 7) is 3.90. The molecule has 7 nitrogen and oxygen atoms in total. The number of benzene rings is 1. The molecule has 0 aliphatic rings. The fraction of sp³-hybridized carbons (Fsp3) is 0.500. The van der Waals surface area contributed by atoms with Gasteiger partial charge in [0.15, 0.2) is 6.61 Å². The summed E-state index contributed by atoms with van der Waals surface area (Å²) in [5.74, 6) is -0.651. The van der Waals surface area contributed by atoms with E-state index in [-0.39, 0.29) is 12.5 Å². The summed E-state index contributed by atoms with van der Waals surface area (Å²) < 4.78 is 10.2. The van der Waals surface area contributed by atoms with Crippen LogP contribution in [0.25, 0.3) is 0 Å². The van der Waals surface area contributed by atoms with E-state index in [1.807, 2.05) is 0 Å². The molecule has 138 valence electrons. The number of amides is 2. The molecule has 2 amide bonds. The van der Waals surface area contributed by atoms with Crippen molar-refractivity contribution in [2.45, 2.75) is 46.0 Å². The molecule has 0 fully saturated rings. The third-order valence-corrected chi connectivity index (χ3v) is 3.33. The predicted molar refractivity (Wildman–Crippen MR) is 92.9 cm³/mol. The van der Waals surface area contributed by atoms with Crippen LogP contribution in [0.15, 0.2) is 24.3 Å². The Balaban J connectivity index is 2.25. The van der Waals surface area contributed by atoms with Crippen LogP contribution in [0.1, 0.15) is 56.3 Å². The van der Waals surface area contributed by atoms with Crippen molar-refractivity contribution in [3.8, 4) is 5.75 Å². The number of hydrogen-bond acceptors (Lipinski definition) is 5. The molecule has 7 heteroatoms. The number of rotatable bonds is 10. The summed E-state index contributed by atoms with van der Waals surface area (Å²) in [7, 11) is 0. The molecule has 1 aromatic rings. The SMILES string of the molecule is CCCCCCC(=O)NNC(=O)COc1ccc(C(=O)OCC)cc1. The average molecular weight is 350 g/mol. The van der Waals surface area contributed by atoms with E-state index in [1.54, 1.807) is 31.2 Å². The lowest BCUT2D eigenvalue weighted by Gasteiger charge is -2.09. The Morgan fingerprint density at radius 3 is 2.24 bits per heavy atom. The van der Waals surface area contributed by atoms with Gasteiger partial charge in [-0.25, -0.2) is 4.79 Å². The van der Waals surface area contributed by atoms with Crippen LogP contribution < -0.4 is 15.6 Å². The van der Waals surface area contributed by atoms with Crippen LogP contribution in [-0.2, 0) is 14.3 Å². The number of carbonyl (C=O) groups is 3. The summed E-state index contributed by atoms with van der Waals surface area (Å²) in [6.07, 6.45) is 4.40. The largest absolute Gasteiger partial charge is 0.484 e. The van der Waals surface area contributed by atoms with Crippen LogP contribution in [0.4, 0.5) is 0 Å². The first-order valence-corrected chi connectivity index (χ1v) is 8.54. The summed E-state index contributed by atoms with van der Waals surface area (Å²) in [4.78, 5) is 34.7. The fourth-order valence-corrected chi connectivity index (χ4v) is 2.00. The lowest BCUT2D eigenvalue weighted by atomic mass is 10.1. The van der Waals surface area contributed by atoms with Crippen molar-refractivity contribution in [3.63, 3.8) is 0 Å². The molecular formula is C18H26N2O5. The minimum absolute atomic E-state index is 0.219. The second-order valence-electron chi connectivity index (χ2n) is 5.44. The van der Waals surface area contributed by atoms with Crippen molar-refractivity contribution in [2.75, 3.05) is 13.2 Å². The standard InChI is InChI=1S/C18H26N2O5/c1-3-5-6-7-8-16(21)19-20-17(22)13-25-15-11-9-14(10-12-15)18(23)24-4-2/h9-12H,3-8,13H2,1-2H3,(H,19,21)(H,20,22).